The highest BCUT2D eigenvalue weighted by atomic mass is 16.2. The molecular weight excluding hydrogens is 78.0 g/mol. The first-order chi connectivity index (χ1) is 2.91. The molecule has 0 amide bonds. The molecule has 0 aliphatic rings. The van der Waals surface area contributed by atoms with Gasteiger partial charge in [0.2, 0.25) is 0 Å². The molecule has 0 spiro atoms. The molecular formula is C4H9NO. The van der Waals surface area contributed by atoms with Crippen LogP contribution in [0.25, 0.3) is 0 Å². The first kappa shape index (κ1) is 5.92. The summed E-state index contributed by atoms with van der Waals surface area (Å²) in [6.45, 7) is 1.51. The molecule has 2 N–H and O–H groups in total. The summed E-state index contributed by atoms with van der Waals surface area (Å²) >= 11 is 0. The molecule has 36 valence electrons. The van der Waals surface area contributed by atoms with Gasteiger partial charge in [0.05, 0.1) is 6.61 Å². The Morgan fingerprint density at radius 2 is 2.33 bits per heavy atom. The van der Waals surface area contributed by atoms with E-state index in [0.717, 1.165) is 6.42 Å². The molecule has 0 heterocycles. The maximum absolute atomic E-state index is 9.61. The maximum atomic E-state index is 9.61. The predicted molar refractivity (Wildman–Crippen MR) is 23.3 cm³/mol. The molecule has 0 aliphatic carbocycles. The summed E-state index contributed by atoms with van der Waals surface area (Å²) < 4.78 is 0. The van der Waals surface area contributed by atoms with Gasteiger partial charge < -0.3 is 5.73 Å². The van der Waals surface area contributed by atoms with Gasteiger partial charge in [-0.05, 0) is 12.8 Å². The number of rotatable bonds is 3. The zero-order valence-electron chi connectivity index (χ0n) is 3.68. The van der Waals surface area contributed by atoms with Crippen molar-refractivity contribution < 1.29 is 5.11 Å². The largest absolute Gasteiger partial charge is 0.326 e. The van der Waals surface area contributed by atoms with E-state index in [4.69, 9.17) is 5.73 Å². The molecule has 2 heteroatoms. The molecule has 0 aromatic carbocycles. The van der Waals surface area contributed by atoms with Crippen molar-refractivity contribution >= 4 is 0 Å². The summed E-state index contributed by atoms with van der Waals surface area (Å²) in [7, 11) is 0. The molecule has 0 saturated heterocycles. The Bertz CT molecular complexity index is 19.5. The van der Waals surface area contributed by atoms with E-state index in [2.05, 4.69) is 0 Å². The van der Waals surface area contributed by atoms with E-state index in [1.165, 1.54) is 6.54 Å². The molecule has 2 nitrogen and oxygen atoms in total. The molecule has 0 aromatic rings. The summed E-state index contributed by atoms with van der Waals surface area (Å²) in [6.07, 6.45) is 1.43. The number of unbranched alkanes of at least 4 members (excludes halogenated alkanes) is 1. The second kappa shape index (κ2) is 4.92. The van der Waals surface area contributed by atoms with Crippen molar-refractivity contribution in [2.24, 2.45) is 5.73 Å². The van der Waals surface area contributed by atoms with Gasteiger partial charge >= 0.3 is 0 Å². The van der Waals surface area contributed by atoms with E-state index in [0.29, 0.717) is 6.42 Å². The Balaban J connectivity index is 2.34. The number of nitrogens with two attached hydrogens (primary N) is 1. The predicted octanol–water partition coefficient (Wildman–Crippen LogP) is 0.318. The summed E-state index contributed by atoms with van der Waals surface area (Å²) in [5, 5.41) is 9.61. The van der Waals surface area contributed by atoms with E-state index < -0.39 is 0 Å². The highest BCUT2D eigenvalue weighted by molar-refractivity contribution is 4.50. The minimum Gasteiger partial charge on any atom is -0.326 e. The third-order valence-electron chi connectivity index (χ3n) is 0.515. The Morgan fingerprint density at radius 1 is 1.67 bits per heavy atom. The van der Waals surface area contributed by atoms with Crippen molar-refractivity contribution in [3.63, 3.8) is 0 Å². The number of hydrogen-bond donors (Lipinski definition) is 1. The van der Waals surface area contributed by atoms with Crippen LogP contribution in [0.1, 0.15) is 12.8 Å². The fourth-order valence-corrected chi connectivity index (χ4v) is 0.201. The summed E-state index contributed by atoms with van der Waals surface area (Å²) in [6, 6.07) is 0. The van der Waals surface area contributed by atoms with Crippen LogP contribution in [0.2, 0.25) is 0 Å². The summed E-state index contributed by atoms with van der Waals surface area (Å²) in [5.74, 6) is 0. The highest BCUT2D eigenvalue weighted by Gasteiger charge is 1.78. The van der Waals surface area contributed by atoms with Crippen LogP contribution in [0, 0.1) is 6.54 Å². The van der Waals surface area contributed by atoms with Gasteiger partial charge in [-0.25, -0.2) is 5.11 Å². The van der Waals surface area contributed by atoms with E-state index in [1.54, 1.807) is 0 Å². The Kier molecular flexibility index (Phi) is 4.85. The monoisotopic (exact) mass is 87.1 g/mol. The zero-order chi connectivity index (χ0) is 4.83. The van der Waals surface area contributed by atoms with E-state index in [9.17, 15) is 5.11 Å². The van der Waals surface area contributed by atoms with Crippen molar-refractivity contribution in [3.8, 4) is 0 Å². The van der Waals surface area contributed by atoms with Crippen LogP contribution in [-0.2, 0) is 5.11 Å². The molecule has 0 fully saturated rings. The lowest BCUT2D eigenvalue weighted by atomic mass is 10.3. The highest BCUT2D eigenvalue weighted by Crippen LogP contribution is 1.83. The fourth-order valence-electron chi connectivity index (χ4n) is 0.201. The van der Waals surface area contributed by atoms with Gasteiger partial charge in [-0.1, -0.05) is 0 Å². The standard InChI is InChI=1S/C4H9NO/c5-3-1-2-4-6/h3H,1-2,4-5H2. The van der Waals surface area contributed by atoms with Crippen molar-refractivity contribution in [3.05, 3.63) is 6.54 Å². The minimum absolute atomic E-state index is 0.00625. The van der Waals surface area contributed by atoms with Crippen LogP contribution < -0.4 is 5.73 Å². The number of hydrogen-bond acceptors (Lipinski definition) is 1. The SMILES string of the molecule is N[CH]CCC[O]. The third-order valence-corrected chi connectivity index (χ3v) is 0.515. The summed E-state index contributed by atoms with van der Waals surface area (Å²) in [5.41, 5.74) is 4.95. The van der Waals surface area contributed by atoms with E-state index in [-0.39, 0.29) is 6.61 Å². The second-order valence-electron chi connectivity index (χ2n) is 1.08. The normalized spacial score (nSPS) is 9.00. The van der Waals surface area contributed by atoms with Gasteiger partial charge in [-0.2, -0.15) is 0 Å². The van der Waals surface area contributed by atoms with Crippen LogP contribution in [0.5, 0.6) is 0 Å². The molecule has 0 aromatic heterocycles. The second-order valence-corrected chi connectivity index (χ2v) is 1.08. The lowest BCUT2D eigenvalue weighted by molar-refractivity contribution is 0.189. The van der Waals surface area contributed by atoms with Gasteiger partial charge in [0, 0.05) is 6.54 Å². The molecule has 6 heavy (non-hydrogen) atoms. The molecule has 0 atom stereocenters. The minimum atomic E-state index is -0.00625. The Labute approximate surface area is 38.0 Å². The lowest BCUT2D eigenvalue weighted by Gasteiger charge is -1.84. The van der Waals surface area contributed by atoms with Crippen molar-refractivity contribution in [1.29, 1.82) is 0 Å². The first-order valence-corrected chi connectivity index (χ1v) is 2.03. The lowest BCUT2D eigenvalue weighted by Crippen LogP contribution is -1.90. The Morgan fingerprint density at radius 3 is 2.50 bits per heavy atom. The molecule has 0 unspecified atom stereocenters. The quantitative estimate of drug-likeness (QED) is 0.495. The fraction of sp³-hybridized carbons (Fsp3) is 0.750. The van der Waals surface area contributed by atoms with Crippen LogP contribution in [0.3, 0.4) is 0 Å². The van der Waals surface area contributed by atoms with Crippen LogP contribution >= 0.6 is 0 Å². The first-order valence-electron chi connectivity index (χ1n) is 2.03. The third kappa shape index (κ3) is 3.92. The van der Waals surface area contributed by atoms with Crippen molar-refractivity contribution in [2.75, 3.05) is 6.61 Å². The maximum Gasteiger partial charge on any atom is 0.0822 e. The topological polar surface area (TPSA) is 45.9 Å². The summed E-state index contributed by atoms with van der Waals surface area (Å²) in [4.78, 5) is 0. The Hall–Kier alpha value is -0.0800. The smallest absolute Gasteiger partial charge is 0.0822 e. The van der Waals surface area contributed by atoms with Gasteiger partial charge in [0.25, 0.3) is 0 Å². The molecule has 0 saturated carbocycles. The van der Waals surface area contributed by atoms with Crippen LogP contribution in [0.4, 0.5) is 0 Å². The molecule has 2 radical (unpaired) electrons. The van der Waals surface area contributed by atoms with E-state index >= 15 is 0 Å². The molecule has 0 aliphatic heterocycles. The molecule has 0 bridgehead atoms. The van der Waals surface area contributed by atoms with Crippen molar-refractivity contribution in [2.45, 2.75) is 12.8 Å². The van der Waals surface area contributed by atoms with Crippen molar-refractivity contribution in [1.82, 2.24) is 0 Å². The van der Waals surface area contributed by atoms with Gasteiger partial charge in [0.15, 0.2) is 0 Å². The van der Waals surface area contributed by atoms with Gasteiger partial charge in [-0.15, -0.1) is 0 Å². The average molecular weight is 87.1 g/mol. The van der Waals surface area contributed by atoms with Crippen LogP contribution in [0.15, 0.2) is 0 Å². The van der Waals surface area contributed by atoms with Gasteiger partial charge in [-0.3, -0.25) is 0 Å². The van der Waals surface area contributed by atoms with E-state index in [1.807, 2.05) is 0 Å². The molecule has 0 rings (SSSR count). The van der Waals surface area contributed by atoms with Gasteiger partial charge in [0.1, 0.15) is 0 Å². The van der Waals surface area contributed by atoms with Crippen LogP contribution in [-0.4, -0.2) is 6.61 Å². The zero-order valence-corrected chi connectivity index (χ0v) is 3.68. The average Bonchev–Trinajstić information content (AvgIpc) is 1.61.